The Morgan fingerprint density at radius 1 is 0.696 bits per heavy atom. The summed E-state index contributed by atoms with van der Waals surface area (Å²) in [5.41, 5.74) is 0. The Labute approximate surface area is 154 Å². The number of hydrogen-bond donors (Lipinski definition) is 0. The molecule has 0 saturated heterocycles. The van der Waals surface area contributed by atoms with Crippen molar-refractivity contribution >= 4 is 29.1 Å². The van der Waals surface area contributed by atoms with Crippen molar-refractivity contribution in [1.29, 1.82) is 0 Å². The molecule has 3 aromatic rings. The van der Waals surface area contributed by atoms with Crippen LogP contribution >= 0.6 is 24.8 Å². The second-order valence-electron chi connectivity index (χ2n) is 4.31. The Balaban J connectivity index is 0.00000132. The molecule has 0 bridgehead atoms. The molecule has 23 heavy (non-hydrogen) atoms. The van der Waals surface area contributed by atoms with E-state index < -0.39 is 18.2 Å². The fraction of sp³-hybridized carbons (Fsp3) is 0. The quantitative estimate of drug-likeness (QED) is 0.585. The molecule has 0 N–H and O–H groups in total. The van der Waals surface area contributed by atoms with Gasteiger partial charge in [-0.1, -0.05) is 0 Å². The Hall–Kier alpha value is -1.52. The molecule has 2 aromatic carbocycles. The van der Waals surface area contributed by atoms with Gasteiger partial charge in [0.2, 0.25) is 0 Å². The molecule has 0 saturated carbocycles. The van der Waals surface area contributed by atoms with Gasteiger partial charge >= 0.3 is 130 Å². The van der Waals surface area contributed by atoms with Crippen LogP contribution in [0.5, 0.6) is 11.5 Å². The molecule has 0 aliphatic carbocycles. The van der Waals surface area contributed by atoms with Crippen LogP contribution in [0.25, 0.3) is 0 Å². The van der Waals surface area contributed by atoms with Crippen LogP contribution in [0.4, 0.5) is 0 Å². The maximum atomic E-state index is 6.02. The van der Waals surface area contributed by atoms with Gasteiger partial charge in [0, 0.05) is 0 Å². The molecule has 0 spiro atoms. The first kappa shape index (κ1) is 19.5. The molecule has 0 aliphatic heterocycles. The van der Waals surface area contributed by atoms with E-state index in [9.17, 15) is 0 Å². The van der Waals surface area contributed by atoms with E-state index in [2.05, 4.69) is 0 Å². The van der Waals surface area contributed by atoms with Gasteiger partial charge in [0.05, 0.1) is 0 Å². The number of furan rings is 1. The van der Waals surface area contributed by atoms with Gasteiger partial charge in [0.1, 0.15) is 0 Å². The van der Waals surface area contributed by atoms with E-state index in [1.54, 1.807) is 6.26 Å². The zero-order valence-electron chi connectivity index (χ0n) is 12.1. The van der Waals surface area contributed by atoms with Gasteiger partial charge in [-0.25, -0.2) is 0 Å². The first-order valence-corrected chi connectivity index (χ1v) is 8.79. The van der Waals surface area contributed by atoms with Crippen LogP contribution in [-0.4, -0.2) is 4.31 Å². The van der Waals surface area contributed by atoms with Gasteiger partial charge in [-0.3, -0.25) is 0 Å². The van der Waals surface area contributed by atoms with Gasteiger partial charge in [-0.05, 0) is 0 Å². The summed E-state index contributed by atoms with van der Waals surface area (Å²) < 4.78 is 19.4. The molecule has 0 atom stereocenters. The number of para-hydroxylation sites is 2. The van der Waals surface area contributed by atoms with Crippen LogP contribution in [-0.2, 0) is 18.2 Å². The average molecular weight is 387 g/mol. The summed E-state index contributed by atoms with van der Waals surface area (Å²) in [6.45, 7) is 0. The molecule has 3 rings (SSSR count). The van der Waals surface area contributed by atoms with Crippen molar-refractivity contribution in [2.45, 2.75) is 0 Å². The van der Waals surface area contributed by atoms with Crippen LogP contribution in [0.3, 0.4) is 0 Å². The molecule has 0 radical (unpaired) electrons. The Morgan fingerprint density at radius 2 is 1.22 bits per heavy atom. The summed E-state index contributed by atoms with van der Waals surface area (Å²) in [5, 5.41) is 0. The molecular weight excluding hydrogens is 371 g/mol. The van der Waals surface area contributed by atoms with Crippen LogP contribution < -0.4 is 6.64 Å². The summed E-state index contributed by atoms with van der Waals surface area (Å²) in [6, 6.07) is 23.2. The minimum atomic E-state index is -2.40. The van der Waals surface area contributed by atoms with Gasteiger partial charge in [-0.2, -0.15) is 0 Å². The summed E-state index contributed by atoms with van der Waals surface area (Å²) in [5.74, 6) is 2.40. The SMILES string of the molecule is Cl.Cl.[CH](c1ccco1)=[Ti]([O]c1ccccc1)[O]c1ccccc1. The first-order chi connectivity index (χ1) is 10.4. The zero-order chi connectivity index (χ0) is 14.3. The van der Waals surface area contributed by atoms with Gasteiger partial charge < -0.3 is 0 Å². The van der Waals surface area contributed by atoms with Crippen LogP contribution in [0.2, 0.25) is 0 Å². The minimum absolute atomic E-state index is 0. The number of benzene rings is 2. The molecule has 0 unspecified atom stereocenters. The Kier molecular flexibility index (Phi) is 8.74. The van der Waals surface area contributed by atoms with E-state index in [4.69, 9.17) is 11.1 Å². The van der Waals surface area contributed by atoms with Crippen molar-refractivity contribution in [3.63, 3.8) is 0 Å². The molecule has 3 nitrogen and oxygen atoms in total. The van der Waals surface area contributed by atoms with Gasteiger partial charge in [0.15, 0.2) is 0 Å². The number of hydrogen-bond acceptors (Lipinski definition) is 3. The Morgan fingerprint density at radius 3 is 1.65 bits per heavy atom. The molecule has 1 aromatic heterocycles. The summed E-state index contributed by atoms with van der Waals surface area (Å²) in [4.78, 5) is 0. The van der Waals surface area contributed by atoms with E-state index in [1.165, 1.54) is 0 Å². The third kappa shape index (κ3) is 6.24. The van der Waals surface area contributed by atoms with Gasteiger partial charge in [0.25, 0.3) is 0 Å². The summed E-state index contributed by atoms with van der Waals surface area (Å²) >= 11 is -2.40. The standard InChI is InChI=1S/2C6H6O.C5H4O.2ClH.Ti/c2*7-6-4-2-1-3-5-6;1-5-3-2-4-6-5;;;/h2*1-5,7H;1-4H;2*1H;/q;;;;;+2/p-2. The van der Waals surface area contributed by atoms with Crippen molar-refractivity contribution < 1.29 is 29.2 Å². The molecule has 6 heteroatoms. The van der Waals surface area contributed by atoms with Gasteiger partial charge in [-0.15, -0.1) is 24.8 Å². The summed E-state index contributed by atoms with van der Waals surface area (Å²) in [6.07, 6.45) is 1.65. The molecular formula is C17H16Cl2O3Ti. The van der Waals surface area contributed by atoms with Crippen molar-refractivity contribution in [3.8, 4) is 11.5 Å². The van der Waals surface area contributed by atoms with Crippen molar-refractivity contribution in [2.24, 2.45) is 0 Å². The zero-order valence-corrected chi connectivity index (χ0v) is 15.3. The van der Waals surface area contributed by atoms with Crippen LogP contribution in [0, 0.1) is 0 Å². The fourth-order valence-corrected chi connectivity index (χ4v) is 3.80. The van der Waals surface area contributed by atoms with Crippen molar-refractivity contribution in [1.82, 2.24) is 0 Å². The second-order valence-corrected chi connectivity index (χ2v) is 6.39. The topological polar surface area (TPSA) is 31.6 Å². The van der Waals surface area contributed by atoms with E-state index in [0.29, 0.717) is 0 Å². The normalized spacial score (nSPS) is 9.04. The third-order valence-corrected chi connectivity index (χ3v) is 4.90. The number of halogens is 2. The molecule has 1 heterocycles. The summed E-state index contributed by atoms with van der Waals surface area (Å²) in [7, 11) is 0. The molecule has 0 aliphatic rings. The number of rotatable bonds is 5. The first-order valence-electron chi connectivity index (χ1n) is 6.61. The maximum absolute atomic E-state index is 6.02. The van der Waals surface area contributed by atoms with Crippen LogP contribution in [0.15, 0.2) is 83.5 Å². The van der Waals surface area contributed by atoms with Crippen molar-refractivity contribution in [3.05, 3.63) is 84.8 Å². The van der Waals surface area contributed by atoms with E-state index in [1.807, 2.05) is 77.1 Å². The molecule has 0 amide bonds. The third-order valence-electron chi connectivity index (χ3n) is 2.73. The predicted octanol–water partition coefficient (Wildman–Crippen LogP) is 4.88. The Bertz CT molecular complexity index is 658. The van der Waals surface area contributed by atoms with E-state index >= 15 is 0 Å². The fourth-order valence-electron chi connectivity index (χ4n) is 1.78. The molecule has 120 valence electrons. The predicted molar refractivity (Wildman–Crippen MR) is 92.5 cm³/mol. The molecule has 0 fully saturated rings. The van der Waals surface area contributed by atoms with E-state index in [-0.39, 0.29) is 24.8 Å². The second kappa shape index (κ2) is 10.3. The average Bonchev–Trinajstić information content (AvgIpc) is 3.02. The van der Waals surface area contributed by atoms with E-state index in [0.717, 1.165) is 17.3 Å². The van der Waals surface area contributed by atoms with Crippen LogP contribution in [0.1, 0.15) is 5.76 Å². The monoisotopic (exact) mass is 386 g/mol. The van der Waals surface area contributed by atoms with Crippen molar-refractivity contribution in [2.75, 3.05) is 0 Å².